The van der Waals surface area contributed by atoms with Crippen molar-refractivity contribution in [2.24, 2.45) is 5.92 Å². The minimum Gasteiger partial charge on any atom is -0.383 e. The monoisotopic (exact) mass is 326 g/mol. The normalized spacial score (nSPS) is 20.4. The van der Waals surface area contributed by atoms with Crippen molar-refractivity contribution in [1.82, 2.24) is 8.61 Å². The highest BCUT2D eigenvalue weighted by molar-refractivity contribution is 7.86. The van der Waals surface area contributed by atoms with Crippen molar-refractivity contribution in [2.45, 2.75) is 39.2 Å². The molecule has 1 saturated heterocycles. The van der Waals surface area contributed by atoms with Gasteiger partial charge in [0.15, 0.2) is 0 Å². The zero-order valence-corrected chi connectivity index (χ0v) is 14.3. The van der Waals surface area contributed by atoms with Gasteiger partial charge in [-0.2, -0.15) is 17.0 Å². The first kappa shape index (κ1) is 18.2. The topological polar surface area (TPSA) is 49.9 Å². The van der Waals surface area contributed by atoms with E-state index in [-0.39, 0.29) is 6.04 Å². The molecule has 1 aliphatic heterocycles. The van der Waals surface area contributed by atoms with Gasteiger partial charge in [0, 0.05) is 38.7 Å². The quantitative estimate of drug-likeness (QED) is 0.640. The van der Waals surface area contributed by atoms with E-state index in [4.69, 9.17) is 16.3 Å². The highest BCUT2D eigenvalue weighted by Crippen LogP contribution is 2.23. The molecule has 5 nitrogen and oxygen atoms in total. The van der Waals surface area contributed by atoms with E-state index in [9.17, 15) is 8.42 Å². The second kappa shape index (κ2) is 8.54. The summed E-state index contributed by atoms with van der Waals surface area (Å²) < 4.78 is 33.7. The summed E-state index contributed by atoms with van der Waals surface area (Å²) in [6, 6.07) is -0.0131. The van der Waals surface area contributed by atoms with Gasteiger partial charge in [0.1, 0.15) is 0 Å². The van der Waals surface area contributed by atoms with Gasteiger partial charge in [-0.3, -0.25) is 0 Å². The predicted octanol–water partition coefficient (Wildman–Crippen LogP) is 1.93. The summed E-state index contributed by atoms with van der Waals surface area (Å²) in [6.07, 6.45) is 2.49. The Bertz CT molecular complexity index is 370. The second-order valence-corrected chi connectivity index (χ2v) is 7.55. The first-order valence-corrected chi connectivity index (χ1v) is 9.22. The molecule has 1 unspecified atom stereocenters. The lowest BCUT2D eigenvalue weighted by atomic mass is 10.0. The fourth-order valence-electron chi connectivity index (χ4n) is 2.39. The molecule has 0 radical (unpaired) electrons. The number of ether oxygens (including phenoxy) is 1. The van der Waals surface area contributed by atoms with Gasteiger partial charge in [0.2, 0.25) is 0 Å². The van der Waals surface area contributed by atoms with Gasteiger partial charge >= 0.3 is 0 Å². The van der Waals surface area contributed by atoms with Crippen LogP contribution in [0.3, 0.4) is 0 Å². The highest BCUT2D eigenvalue weighted by atomic mass is 35.5. The summed E-state index contributed by atoms with van der Waals surface area (Å²) in [5.41, 5.74) is 0. The molecule has 0 amide bonds. The van der Waals surface area contributed by atoms with Crippen LogP contribution in [0.4, 0.5) is 0 Å². The third kappa shape index (κ3) is 4.56. The number of rotatable bonds is 8. The van der Waals surface area contributed by atoms with Crippen molar-refractivity contribution in [3.8, 4) is 0 Å². The summed E-state index contributed by atoms with van der Waals surface area (Å²) in [7, 11) is -1.81. The molecule has 0 aromatic rings. The molecule has 0 spiro atoms. The van der Waals surface area contributed by atoms with E-state index in [0.717, 1.165) is 19.3 Å². The number of halogens is 1. The number of piperidine rings is 1. The Labute approximate surface area is 128 Å². The van der Waals surface area contributed by atoms with Crippen molar-refractivity contribution >= 4 is 21.8 Å². The van der Waals surface area contributed by atoms with Crippen molar-refractivity contribution in [1.29, 1.82) is 0 Å². The first-order chi connectivity index (χ1) is 9.47. The fourth-order valence-corrected chi connectivity index (χ4v) is 4.58. The van der Waals surface area contributed by atoms with E-state index < -0.39 is 10.2 Å². The van der Waals surface area contributed by atoms with Crippen LogP contribution in [0, 0.1) is 5.92 Å². The van der Waals surface area contributed by atoms with Crippen LogP contribution in [0.1, 0.15) is 33.1 Å². The van der Waals surface area contributed by atoms with Gasteiger partial charge in [-0.15, -0.1) is 11.6 Å². The van der Waals surface area contributed by atoms with Crippen LogP contribution in [0.5, 0.6) is 0 Å². The Morgan fingerprint density at radius 2 is 2.00 bits per heavy atom. The Morgan fingerprint density at radius 1 is 1.40 bits per heavy atom. The first-order valence-electron chi connectivity index (χ1n) is 7.29. The van der Waals surface area contributed by atoms with Crippen LogP contribution >= 0.6 is 11.6 Å². The van der Waals surface area contributed by atoms with Crippen LogP contribution in [0.25, 0.3) is 0 Å². The minimum absolute atomic E-state index is 0.0131. The molecule has 0 bridgehead atoms. The molecular weight excluding hydrogens is 300 g/mol. The van der Waals surface area contributed by atoms with E-state index in [2.05, 4.69) is 0 Å². The molecule has 0 aromatic heterocycles. The van der Waals surface area contributed by atoms with E-state index >= 15 is 0 Å². The van der Waals surface area contributed by atoms with Crippen molar-refractivity contribution in [3.05, 3.63) is 0 Å². The third-order valence-corrected chi connectivity index (χ3v) is 6.60. The predicted molar refractivity (Wildman–Crippen MR) is 82.3 cm³/mol. The number of hydrogen-bond donors (Lipinski definition) is 0. The maximum Gasteiger partial charge on any atom is 0.282 e. The van der Waals surface area contributed by atoms with Crippen LogP contribution in [0.15, 0.2) is 0 Å². The van der Waals surface area contributed by atoms with Gasteiger partial charge in [-0.05, 0) is 32.1 Å². The van der Waals surface area contributed by atoms with Crippen molar-refractivity contribution in [3.63, 3.8) is 0 Å². The summed E-state index contributed by atoms with van der Waals surface area (Å²) in [4.78, 5) is 0. The molecule has 120 valence electrons. The lowest BCUT2D eigenvalue weighted by molar-refractivity contribution is 0.160. The smallest absolute Gasteiger partial charge is 0.282 e. The van der Waals surface area contributed by atoms with Gasteiger partial charge in [0.25, 0.3) is 10.2 Å². The van der Waals surface area contributed by atoms with E-state index in [0.29, 0.717) is 38.0 Å². The van der Waals surface area contributed by atoms with Crippen LogP contribution in [0.2, 0.25) is 0 Å². The maximum atomic E-state index is 12.8. The standard InChI is InChI=1S/C13H27ClN2O3S/c1-4-12(2)16(9-10-19-3)20(17,18)15-7-5-13(11-14)6-8-15/h12-13H,4-11H2,1-3H3. The molecule has 0 aromatic carbocycles. The van der Waals surface area contributed by atoms with E-state index in [1.54, 1.807) is 15.7 Å². The number of hydrogen-bond acceptors (Lipinski definition) is 3. The molecule has 1 aliphatic rings. The van der Waals surface area contributed by atoms with Gasteiger partial charge in [-0.25, -0.2) is 0 Å². The third-order valence-electron chi connectivity index (χ3n) is 4.01. The number of nitrogens with zero attached hydrogens (tertiary/aromatic N) is 2. The van der Waals surface area contributed by atoms with E-state index in [1.807, 2.05) is 13.8 Å². The molecule has 0 aliphatic carbocycles. The van der Waals surface area contributed by atoms with Gasteiger partial charge in [0.05, 0.1) is 6.61 Å². The summed E-state index contributed by atoms with van der Waals surface area (Å²) in [5.74, 6) is 1.06. The van der Waals surface area contributed by atoms with Crippen LogP contribution < -0.4 is 0 Å². The maximum absolute atomic E-state index is 12.8. The van der Waals surface area contributed by atoms with Crippen molar-refractivity contribution < 1.29 is 13.2 Å². The molecule has 1 fully saturated rings. The minimum atomic E-state index is -3.40. The molecule has 0 saturated carbocycles. The molecule has 0 N–H and O–H groups in total. The van der Waals surface area contributed by atoms with Gasteiger partial charge < -0.3 is 4.74 Å². The highest BCUT2D eigenvalue weighted by Gasteiger charge is 2.34. The fraction of sp³-hybridized carbons (Fsp3) is 1.00. The van der Waals surface area contributed by atoms with Crippen LogP contribution in [-0.4, -0.2) is 62.3 Å². The largest absolute Gasteiger partial charge is 0.383 e. The van der Waals surface area contributed by atoms with Crippen LogP contribution in [-0.2, 0) is 14.9 Å². The zero-order valence-electron chi connectivity index (χ0n) is 12.7. The van der Waals surface area contributed by atoms with Crippen molar-refractivity contribution in [2.75, 3.05) is 39.2 Å². The second-order valence-electron chi connectivity index (χ2n) is 5.37. The molecular formula is C13H27ClN2O3S. The molecule has 20 heavy (non-hydrogen) atoms. The lowest BCUT2D eigenvalue weighted by Gasteiger charge is -2.36. The summed E-state index contributed by atoms with van der Waals surface area (Å²) in [5, 5.41) is 0. The average Bonchev–Trinajstić information content (AvgIpc) is 2.47. The molecule has 7 heteroatoms. The Morgan fingerprint density at radius 3 is 2.45 bits per heavy atom. The summed E-state index contributed by atoms with van der Waals surface area (Å²) >= 11 is 5.85. The Balaban J connectivity index is 2.77. The zero-order chi connectivity index (χ0) is 15.2. The lowest BCUT2D eigenvalue weighted by Crippen LogP contribution is -2.51. The number of methoxy groups -OCH3 is 1. The molecule has 1 heterocycles. The molecule has 1 rings (SSSR count). The average molecular weight is 327 g/mol. The molecule has 1 atom stereocenters. The van der Waals surface area contributed by atoms with E-state index in [1.165, 1.54) is 0 Å². The number of alkyl halides is 1. The SMILES string of the molecule is CCC(C)N(CCOC)S(=O)(=O)N1CCC(CCl)CC1. The Kier molecular flexibility index (Phi) is 7.75. The van der Waals surface area contributed by atoms with Gasteiger partial charge in [-0.1, -0.05) is 6.92 Å². The Hall–Kier alpha value is 0.120. The summed E-state index contributed by atoms with van der Waals surface area (Å²) in [6.45, 7) is 5.91.